The van der Waals surface area contributed by atoms with E-state index in [0.717, 1.165) is 12.1 Å². The van der Waals surface area contributed by atoms with Gasteiger partial charge >= 0.3 is 0 Å². The average molecular weight is 252 g/mol. The number of fused-ring (bicyclic) bond motifs is 2. The minimum atomic E-state index is 0.857. The van der Waals surface area contributed by atoms with E-state index in [1.165, 1.54) is 25.9 Å². The molecule has 0 aliphatic carbocycles. The molecule has 2 unspecified atom stereocenters. The predicted octanol–water partition coefficient (Wildman–Crippen LogP) is 1.11. The lowest BCUT2D eigenvalue weighted by atomic mass is 10.2. The van der Waals surface area contributed by atoms with Crippen molar-refractivity contribution in [1.82, 2.24) is 8.01 Å². The smallest absolute Gasteiger partial charge is 0.0238 e. The van der Waals surface area contributed by atoms with Crippen LogP contribution >= 0.6 is 22.9 Å². The van der Waals surface area contributed by atoms with Crippen LogP contribution in [-0.4, -0.2) is 40.2 Å². The van der Waals surface area contributed by atoms with Crippen LogP contribution in [0.1, 0.15) is 12.8 Å². The molecule has 2 saturated heterocycles. The predicted molar refractivity (Wildman–Crippen MR) is 50.2 cm³/mol. The van der Waals surface area contributed by atoms with E-state index in [1.807, 2.05) is 0 Å². The molecule has 2 atom stereocenters. The zero-order valence-electron chi connectivity index (χ0n) is 6.26. The van der Waals surface area contributed by atoms with E-state index in [9.17, 15) is 0 Å². The second-order valence-electron chi connectivity index (χ2n) is 3.38. The van der Waals surface area contributed by atoms with Crippen LogP contribution in [0, 0.1) is 0 Å². The minimum Gasteiger partial charge on any atom is -0.298 e. The van der Waals surface area contributed by atoms with E-state index in [0.29, 0.717) is 0 Å². The molecule has 0 aromatic rings. The lowest BCUT2D eigenvalue weighted by molar-refractivity contribution is 0.156. The van der Waals surface area contributed by atoms with E-state index in [4.69, 9.17) is 0 Å². The molecule has 58 valence electrons. The van der Waals surface area contributed by atoms with Gasteiger partial charge in [-0.15, -0.1) is 0 Å². The summed E-state index contributed by atoms with van der Waals surface area (Å²) in [6.07, 6.45) is 2.83. The molecular formula is C7H13IN2. The Labute approximate surface area is 76.1 Å². The fourth-order valence-electron chi connectivity index (χ4n) is 2.06. The van der Waals surface area contributed by atoms with Crippen LogP contribution in [0.4, 0.5) is 0 Å². The Hall–Kier alpha value is 0.650. The summed E-state index contributed by atoms with van der Waals surface area (Å²) >= 11 is 2.44. The van der Waals surface area contributed by atoms with Crippen molar-refractivity contribution in [2.24, 2.45) is 0 Å². The number of piperazine rings is 1. The van der Waals surface area contributed by atoms with E-state index in [2.05, 4.69) is 37.9 Å². The van der Waals surface area contributed by atoms with Crippen LogP contribution in [0.2, 0.25) is 0 Å². The Balaban J connectivity index is 2.09. The molecule has 3 heteroatoms. The SMILES string of the molecule is CN1C2CCC1CN(I)C2. The molecule has 10 heavy (non-hydrogen) atoms. The highest BCUT2D eigenvalue weighted by Gasteiger charge is 2.36. The third-order valence-corrected chi connectivity index (χ3v) is 3.59. The second kappa shape index (κ2) is 2.60. The zero-order chi connectivity index (χ0) is 7.14. The largest absolute Gasteiger partial charge is 0.298 e. The third kappa shape index (κ3) is 1.08. The Morgan fingerprint density at radius 3 is 2.20 bits per heavy atom. The fourth-order valence-corrected chi connectivity index (χ4v) is 2.97. The molecule has 0 aromatic carbocycles. The van der Waals surface area contributed by atoms with Gasteiger partial charge in [-0.05, 0) is 19.9 Å². The van der Waals surface area contributed by atoms with Gasteiger partial charge in [-0.25, -0.2) is 3.11 Å². The monoisotopic (exact) mass is 252 g/mol. The van der Waals surface area contributed by atoms with E-state index < -0.39 is 0 Å². The number of hydrogen-bond donors (Lipinski definition) is 0. The van der Waals surface area contributed by atoms with Gasteiger partial charge < -0.3 is 0 Å². The van der Waals surface area contributed by atoms with E-state index >= 15 is 0 Å². The average Bonchev–Trinajstić information content (AvgIpc) is 2.20. The normalized spacial score (nSPS) is 42.6. The van der Waals surface area contributed by atoms with Crippen molar-refractivity contribution in [2.75, 3.05) is 20.1 Å². The van der Waals surface area contributed by atoms with Crippen LogP contribution in [0.15, 0.2) is 0 Å². The number of hydrogen-bond acceptors (Lipinski definition) is 2. The van der Waals surface area contributed by atoms with Gasteiger partial charge in [0.2, 0.25) is 0 Å². The summed E-state index contributed by atoms with van der Waals surface area (Å²) in [4.78, 5) is 2.55. The van der Waals surface area contributed by atoms with Gasteiger partial charge in [0.1, 0.15) is 0 Å². The molecule has 2 fully saturated rings. The highest BCUT2D eigenvalue weighted by molar-refractivity contribution is 14.1. The lowest BCUT2D eigenvalue weighted by Crippen LogP contribution is -2.48. The van der Waals surface area contributed by atoms with Gasteiger partial charge in [-0.2, -0.15) is 0 Å². The number of halogens is 1. The van der Waals surface area contributed by atoms with Crippen LogP contribution in [0.3, 0.4) is 0 Å². The van der Waals surface area contributed by atoms with Crippen LogP contribution in [0.5, 0.6) is 0 Å². The van der Waals surface area contributed by atoms with Crippen molar-refractivity contribution in [3.8, 4) is 0 Å². The molecule has 2 heterocycles. The van der Waals surface area contributed by atoms with Gasteiger partial charge in [0.25, 0.3) is 0 Å². The fraction of sp³-hybridized carbons (Fsp3) is 1.00. The summed E-state index contributed by atoms with van der Waals surface area (Å²) in [5.74, 6) is 0. The Bertz CT molecular complexity index is 126. The molecule has 2 rings (SSSR count). The van der Waals surface area contributed by atoms with Crippen molar-refractivity contribution in [3.05, 3.63) is 0 Å². The molecule has 0 N–H and O–H groups in total. The molecular weight excluding hydrogens is 239 g/mol. The number of nitrogens with zero attached hydrogens (tertiary/aromatic N) is 2. The highest BCUT2D eigenvalue weighted by atomic mass is 127. The van der Waals surface area contributed by atoms with E-state index in [1.54, 1.807) is 0 Å². The van der Waals surface area contributed by atoms with Crippen molar-refractivity contribution in [2.45, 2.75) is 24.9 Å². The summed E-state index contributed by atoms with van der Waals surface area (Å²) in [5.41, 5.74) is 0. The Morgan fingerprint density at radius 2 is 1.70 bits per heavy atom. The van der Waals surface area contributed by atoms with Crippen LogP contribution in [0.25, 0.3) is 0 Å². The first kappa shape index (κ1) is 7.31. The second-order valence-corrected chi connectivity index (χ2v) is 4.74. The third-order valence-electron chi connectivity index (χ3n) is 2.80. The lowest BCUT2D eigenvalue weighted by Gasteiger charge is -2.35. The molecule has 2 nitrogen and oxygen atoms in total. The number of rotatable bonds is 0. The van der Waals surface area contributed by atoms with E-state index in [-0.39, 0.29) is 0 Å². The maximum atomic E-state index is 2.55. The first-order valence-electron chi connectivity index (χ1n) is 3.90. The molecule has 0 aromatic heterocycles. The molecule has 0 spiro atoms. The quantitative estimate of drug-likeness (QED) is 0.471. The Kier molecular flexibility index (Phi) is 1.90. The maximum Gasteiger partial charge on any atom is 0.0238 e. The molecule has 0 saturated carbocycles. The first-order valence-corrected chi connectivity index (χ1v) is 4.86. The van der Waals surface area contributed by atoms with Gasteiger partial charge in [0.05, 0.1) is 0 Å². The zero-order valence-corrected chi connectivity index (χ0v) is 8.41. The maximum absolute atomic E-state index is 2.55. The minimum absolute atomic E-state index is 0.857. The van der Waals surface area contributed by atoms with Crippen LogP contribution < -0.4 is 0 Å². The summed E-state index contributed by atoms with van der Waals surface area (Å²) in [7, 11) is 2.27. The number of likely N-dealkylation sites (N-methyl/N-ethyl adjacent to an activating group) is 1. The van der Waals surface area contributed by atoms with Gasteiger partial charge in [-0.1, -0.05) is 0 Å². The Morgan fingerprint density at radius 1 is 1.20 bits per heavy atom. The summed E-state index contributed by atoms with van der Waals surface area (Å²) in [6.45, 7) is 2.54. The van der Waals surface area contributed by atoms with Crippen LogP contribution in [-0.2, 0) is 0 Å². The van der Waals surface area contributed by atoms with Gasteiger partial charge in [0.15, 0.2) is 0 Å². The summed E-state index contributed by atoms with van der Waals surface area (Å²) in [6, 6.07) is 1.71. The molecule has 0 radical (unpaired) electrons. The van der Waals surface area contributed by atoms with Gasteiger partial charge in [0, 0.05) is 48.0 Å². The molecule has 2 aliphatic heterocycles. The van der Waals surface area contributed by atoms with Crippen molar-refractivity contribution in [1.29, 1.82) is 0 Å². The summed E-state index contributed by atoms with van der Waals surface area (Å²) in [5, 5.41) is 0. The van der Waals surface area contributed by atoms with Crippen molar-refractivity contribution >= 4 is 22.9 Å². The molecule has 2 bridgehead atoms. The molecule has 0 amide bonds. The standard InChI is InChI=1S/C7H13IN2/c1-9-6-2-3-7(9)5-10(8)4-6/h6-7H,2-5H2,1H3. The van der Waals surface area contributed by atoms with Gasteiger partial charge in [-0.3, -0.25) is 4.90 Å². The highest BCUT2D eigenvalue weighted by Crippen LogP contribution is 2.29. The van der Waals surface area contributed by atoms with Crippen molar-refractivity contribution in [3.63, 3.8) is 0 Å². The first-order chi connectivity index (χ1) is 4.77. The summed E-state index contributed by atoms with van der Waals surface area (Å²) < 4.78 is 2.43. The topological polar surface area (TPSA) is 6.48 Å². The van der Waals surface area contributed by atoms with Crippen molar-refractivity contribution < 1.29 is 0 Å². The molecule has 2 aliphatic rings.